The molecule has 0 radical (unpaired) electrons. The van der Waals surface area contributed by atoms with Crippen molar-refractivity contribution in [3.05, 3.63) is 60.3 Å². The molecule has 0 spiro atoms. The molecule has 0 saturated carbocycles. The lowest BCUT2D eigenvalue weighted by atomic mass is 9.97. The number of anilines is 1. The fourth-order valence-corrected chi connectivity index (χ4v) is 3.43. The number of carbonyl (C=O) groups excluding carboxylic acids is 2. The molecule has 0 aliphatic carbocycles. The van der Waals surface area contributed by atoms with Gasteiger partial charge in [0.1, 0.15) is 5.75 Å². The first kappa shape index (κ1) is 14.5. The molecule has 0 bridgehead atoms. The van der Waals surface area contributed by atoms with E-state index in [2.05, 4.69) is 0 Å². The van der Waals surface area contributed by atoms with Gasteiger partial charge in [-0.2, -0.15) is 0 Å². The highest BCUT2D eigenvalue weighted by Crippen LogP contribution is 2.37. The zero-order chi connectivity index (χ0) is 16.8. The third-order valence-corrected chi connectivity index (χ3v) is 4.54. The molecule has 1 fully saturated rings. The van der Waals surface area contributed by atoms with Crippen molar-refractivity contribution in [2.45, 2.75) is 12.3 Å². The van der Waals surface area contributed by atoms with E-state index in [1.807, 2.05) is 42.1 Å². The lowest BCUT2D eigenvalue weighted by Gasteiger charge is -2.15. The number of amides is 2. The minimum absolute atomic E-state index is 0.0294. The van der Waals surface area contributed by atoms with E-state index in [1.165, 1.54) is 17.0 Å². The van der Waals surface area contributed by atoms with E-state index in [0.717, 1.165) is 16.5 Å². The number of para-hydroxylation sites is 1. The van der Waals surface area contributed by atoms with Crippen molar-refractivity contribution < 1.29 is 14.7 Å². The maximum absolute atomic E-state index is 12.9. The third kappa shape index (κ3) is 2.09. The lowest BCUT2D eigenvalue weighted by molar-refractivity contribution is -0.121. The minimum atomic E-state index is -0.494. The van der Waals surface area contributed by atoms with Crippen LogP contribution in [0.4, 0.5) is 5.69 Å². The van der Waals surface area contributed by atoms with Crippen molar-refractivity contribution in [1.82, 2.24) is 4.57 Å². The highest BCUT2D eigenvalue weighted by molar-refractivity contribution is 6.23. The number of imide groups is 1. The van der Waals surface area contributed by atoms with E-state index in [9.17, 15) is 14.7 Å². The second-order valence-corrected chi connectivity index (χ2v) is 6.06. The van der Waals surface area contributed by atoms with Crippen molar-refractivity contribution in [1.29, 1.82) is 0 Å². The fraction of sp³-hybridized carbons (Fsp3) is 0.158. The summed E-state index contributed by atoms with van der Waals surface area (Å²) in [5.41, 5.74) is 2.31. The molecule has 3 aromatic rings. The SMILES string of the molecule is Cn1cc([C@H]2CC(=O)N(c3cccc(O)c3)C2=O)c2ccccc21. The predicted octanol–water partition coefficient (Wildman–Crippen LogP) is 2.93. The number of phenols is 1. The zero-order valence-electron chi connectivity index (χ0n) is 13.1. The summed E-state index contributed by atoms with van der Waals surface area (Å²) in [5.74, 6) is -0.960. The number of aryl methyl sites for hydroxylation is 1. The molecule has 2 amide bonds. The van der Waals surface area contributed by atoms with Gasteiger partial charge in [-0.1, -0.05) is 24.3 Å². The summed E-state index contributed by atoms with van der Waals surface area (Å²) in [6.07, 6.45) is 2.06. The molecule has 1 aliphatic heterocycles. The summed E-state index contributed by atoms with van der Waals surface area (Å²) < 4.78 is 1.97. The Morgan fingerprint density at radius 3 is 2.67 bits per heavy atom. The van der Waals surface area contributed by atoms with Crippen LogP contribution in [0, 0.1) is 0 Å². The molecule has 1 aromatic heterocycles. The van der Waals surface area contributed by atoms with E-state index >= 15 is 0 Å². The fourth-order valence-electron chi connectivity index (χ4n) is 3.43. The molecule has 24 heavy (non-hydrogen) atoms. The van der Waals surface area contributed by atoms with Crippen LogP contribution in [0.1, 0.15) is 17.9 Å². The molecule has 1 N–H and O–H groups in total. The molecule has 0 unspecified atom stereocenters. The predicted molar refractivity (Wildman–Crippen MR) is 90.9 cm³/mol. The maximum Gasteiger partial charge on any atom is 0.241 e. The smallest absolute Gasteiger partial charge is 0.241 e. The normalized spacial score (nSPS) is 17.9. The van der Waals surface area contributed by atoms with E-state index < -0.39 is 5.92 Å². The van der Waals surface area contributed by atoms with Crippen molar-refractivity contribution in [3.8, 4) is 5.75 Å². The Morgan fingerprint density at radius 1 is 1.08 bits per heavy atom. The largest absolute Gasteiger partial charge is 0.508 e. The van der Waals surface area contributed by atoms with E-state index in [-0.39, 0.29) is 24.0 Å². The van der Waals surface area contributed by atoms with Crippen LogP contribution in [0.15, 0.2) is 54.7 Å². The van der Waals surface area contributed by atoms with E-state index in [1.54, 1.807) is 12.1 Å². The second kappa shape index (κ2) is 5.23. The molecule has 1 saturated heterocycles. The van der Waals surface area contributed by atoms with Crippen molar-refractivity contribution >= 4 is 28.4 Å². The monoisotopic (exact) mass is 320 g/mol. The Balaban J connectivity index is 1.78. The molecule has 1 atom stereocenters. The van der Waals surface area contributed by atoms with Gasteiger partial charge in [0, 0.05) is 36.6 Å². The molecule has 2 aromatic carbocycles. The van der Waals surface area contributed by atoms with Gasteiger partial charge in [-0.05, 0) is 23.8 Å². The average molecular weight is 320 g/mol. The Labute approximate surface area is 138 Å². The Hall–Kier alpha value is -3.08. The summed E-state index contributed by atoms with van der Waals surface area (Å²) in [5, 5.41) is 10.6. The molecule has 1 aliphatic rings. The van der Waals surface area contributed by atoms with Gasteiger partial charge in [0.05, 0.1) is 11.6 Å². The van der Waals surface area contributed by atoms with Crippen LogP contribution >= 0.6 is 0 Å². The molecular weight excluding hydrogens is 304 g/mol. The van der Waals surface area contributed by atoms with Crippen LogP contribution in [0.3, 0.4) is 0 Å². The lowest BCUT2D eigenvalue weighted by Crippen LogP contribution is -2.29. The number of rotatable bonds is 2. The number of hydrogen-bond donors (Lipinski definition) is 1. The summed E-state index contributed by atoms with van der Waals surface area (Å²) in [7, 11) is 1.93. The second-order valence-electron chi connectivity index (χ2n) is 6.06. The number of hydrogen-bond acceptors (Lipinski definition) is 3. The van der Waals surface area contributed by atoms with Gasteiger partial charge in [-0.15, -0.1) is 0 Å². The summed E-state index contributed by atoms with van der Waals surface area (Å²) >= 11 is 0. The number of aromatic nitrogens is 1. The number of benzene rings is 2. The Morgan fingerprint density at radius 2 is 1.88 bits per heavy atom. The highest BCUT2D eigenvalue weighted by Gasteiger charge is 2.41. The van der Waals surface area contributed by atoms with Crippen molar-refractivity contribution in [2.75, 3.05) is 4.90 Å². The van der Waals surface area contributed by atoms with Gasteiger partial charge < -0.3 is 9.67 Å². The van der Waals surface area contributed by atoms with Crippen LogP contribution in [0.2, 0.25) is 0 Å². The molecule has 4 rings (SSSR count). The van der Waals surface area contributed by atoms with Crippen LogP contribution in [0.5, 0.6) is 5.75 Å². The number of carbonyl (C=O) groups is 2. The number of phenolic OH excluding ortho intramolecular Hbond substituents is 1. The first-order chi connectivity index (χ1) is 11.6. The molecule has 120 valence electrons. The number of nitrogens with zero attached hydrogens (tertiary/aromatic N) is 2. The third-order valence-electron chi connectivity index (χ3n) is 4.54. The average Bonchev–Trinajstić information content (AvgIpc) is 3.05. The van der Waals surface area contributed by atoms with Gasteiger partial charge >= 0.3 is 0 Å². The van der Waals surface area contributed by atoms with Crippen LogP contribution in [0.25, 0.3) is 10.9 Å². The van der Waals surface area contributed by atoms with Gasteiger partial charge in [0.2, 0.25) is 11.8 Å². The first-order valence-electron chi connectivity index (χ1n) is 7.76. The van der Waals surface area contributed by atoms with Gasteiger partial charge in [-0.3, -0.25) is 9.59 Å². The summed E-state index contributed by atoms with van der Waals surface area (Å²) in [6.45, 7) is 0. The highest BCUT2D eigenvalue weighted by atomic mass is 16.3. The summed E-state index contributed by atoms with van der Waals surface area (Å²) in [6, 6.07) is 14.1. The van der Waals surface area contributed by atoms with E-state index in [0.29, 0.717) is 5.69 Å². The molecule has 5 heteroatoms. The Kier molecular flexibility index (Phi) is 3.16. The van der Waals surface area contributed by atoms with Crippen LogP contribution < -0.4 is 4.90 Å². The minimum Gasteiger partial charge on any atom is -0.508 e. The quantitative estimate of drug-likeness (QED) is 0.739. The molecule has 2 heterocycles. The van der Waals surface area contributed by atoms with Crippen LogP contribution in [-0.4, -0.2) is 21.5 Å². The van der Waals surface area contributed by atoms with Gasteiger partial charge in [-0.25, -0.2) is 4.90 Å². The van der Waals surface area contributed by atoms with Crippen molar-refractivity contribution in [2.24, 2.45) is 7.05 Å². The van der Waals surface area contributed by atoms with Gasteiger partial charge in [0.25, 0.3) is 0 Å². The molecule has 5 nitrogen and oxygen atoms in total. The van der Waals surface area contributed by atoms with Crippen molar-refractivity contribution in [3.63, 3.8) is 0 Å². The van der Waals surface area contributed by atoms with E-state index in [4.69, 9.17) is 0 Å². The topological polar surface area (TPSA) is 62.5 Å². The summed E-state index contributed by atoms with van der Waals surface area (Å²) in [4.78, 5) is 26.5. The number of fused-ring (bicyclic) bond motifs is 1. The zero-order valence-corrected chi connectivity index (χ0v) is 13.1. The number of aromatic hydroxyl groups is 1. The molecular formula is C19H16N2O3. The maximum atomic E-state index is 12.9. The standard InChI is InChI=1S/C19H16N2O3/c1-20-11-16(14-7-2-3-8-17(14)20)15-10-18(23)21(19(15)24)12-5-4-6-13(22)9-12/h2-9,11,15,22H,10H2,1H3/t15-/m1/s1. The Bertz CT molecular complexity index is 974. The van der Waals surface area contributed by atoms with Crippen LogP contribution in [-0.2, 0) is 16.6 Å². The first-order valence-corrected chi connectivity index (χ1v) is 7.76. The van der Waals surface area contributed by atoms with Gasteiger partial charge in [0.15, 0.2) is 0 Å².